The topological polar surface area (TPSA) is 56.0 Å². The van der Waals surface area contributed by atoms with Gasteiger partial charge in [0.05, 0.1) is 5.69 Å². The van der Waals surface area contributed by atoms with Crippen molar-refractivity contribution in [3.63, 3.8) is 0 Å². The maximum Gasteiger partial charge on any atom is 0.185 e. The van der Waals surface area contributed by atoms with E-state index in [0.717, 1.165) is 16.3 Å². The number of rotatable bonds is 2. The van der Waals surface area contributed by atoms with Crippen LogP contribution in [0.2, 0.25) is 0 Å². The van der Waals surface area contributed by atoms with Crippen LogP contribution >= 0.6 is 23.1 Å². The standard InChI is InChI=1S/C10H12N2OS2/c1-7-9(15-10(11)12-7)5-3-4-6-14-8(2)13/h4,6H2,1-2H3,(H2,11,12). The van der Waals surface area contributed by atoms with Gasteiger partial charge in [-0.15, -0.1) is 0 Å². The molecule has 0 unspecified atom stereocenters. The first kappa shape index (κ1) is 12.1. The zero-order valence-corrected chi connectivity index (χ0v) is 10.3. The van der Waals surface area contributed by atoms with Crippen LogP contribution in [0.15, 0.2) is 0 Å². The summed E-state index contributed by atoms with van der Waals surface area (Å²) in [4.78, 5) is 15.6. The summed E-state index contributed by atoms with van der Waals surface area (Å²) in [5.41, 5.74) is 6.42. The maximum absolute atomic E-state index is 10.6. The summed E-state index contributed by atoms with van der Waals surface area (Å²) in [7, 11) is 0. The first-order valence-electron chi connectivity index (χ1n) is 4.44. The molecular formula is C10H12N2OS2. The van der Waals surface area contributed by atoms with Crippen molar-refractivity contribution < 1.29 is 4.79 Å². The first-order valence-corrected chi connectivity index (χ1v) is 6.25. The van der Waals surface area contributed by atoms with Crippen LogP contribution in [-0.4, -0.2) is 15.9 Å². The summed E-state index contributed by atoms with van der Waals surface area (Å²) in [6, 6.07) is 0. The zero-order chi connectivity index (χ0) is 11.3. The lowest BCUT2D eigenvalue weighted by Crippen LogP contribution is -1.84. The van der Waals surface area contributed by atoms with Crippen LogP contribution in [0.1, 0.15) is 23.9 Å². The van der Waals surface area contributed by atoms with Crippen molar-refractivity contribution in [3.8, 4) is 11.8 Å². The number of hydrogen-bond donors (Lipinski definition) is 1. The smallest absolute Gasteiger partial charge is 0.185 e. The van der Waals surface area contributed by atoms with Crippen molar-refractivity contribution in [2.45, 2.75) is 20.3 Å². The molecule has 1 aromatic heterocycles. The molecule has 0 radical (unpaired) electrons. The Bertz CT molecular complexity index is 415. The molecule has 0 aliphatic rings. The van der Waals surface area contributed by atoms with E-state index < -0.39 is 0 Å². The van der Waals surface area contributed by atoms with Gasteiger partial charge < -0.3 is 5.73 Å². The van der Waals surface area contributed by atoms with E-state index in [1.807, 2.05) is 6.92 Å². The lowest BCUT2D eigenvalue weighted by molar-refractivity contribution is -0.109. The Balaban J connectivity index is 2.44. The highest BCUT2D eigenvalue weighted by Crippen LogP contribution is 2.18. The monoisotopic (exact) mass is 240 g/mol. The highest BCUT2D eigenvalue weighted by atomic mass is 32.2. The molecule has 0 bridgehead atoms. The van der Waals surface area contributed by atoms with Gasteiger partial charge in [0.1, 0.15) is 4.88 Å². The van der Waals surface area contributed by atoms with E-state index in [1.54, 1.807) is 6.92 Å². The third-order valence-electron chi connectivity index (χ3n) is 1.55. The summed E-state index contributed by atoms with van der Waals surface area (Å²) < 4.78 is 0. The third-order valence-corrected chi connectivity index (χ3v) is 3.26. The van der Waals surface area contributed by atoms with Gasteiger partial charge in [-0.2, -0.15) is 0 Å². The average Bonchev–Trinajstić information content (AvgIpc) is 2.44. The number of carbonyl (C=O) groups excluding carboxylic acids is 1. The summed E-state index contributed by atoms with van der Waals surface area (Å²) in [6.07, 6.45) is 0.710. The Morgan fingerprint density at radius 2 is 2.40 bits per heavy atom. The van der Waals surface area contributed by atoms with Crippen LogP contribution < -0.4 is 5.73 Å². The number of anilines is 1. The molecule has 5 heteroatoms. The third kappa shape index (κ3) is 4.36. The molecule has 15 heavy (non-hydrogen) atoms. The molecule has 0 spiro atoms. The van der Waals surface area contributed by atoms with Gasteiger partial charge in [0.2, 0.25) is 0 Å². The van der Waals surface area contributed by atoms with Gasteiger partial charge in [0.25, 0.3) is 0 Å². The fraction of sp³-hybridized carbons (Fsp3) is 0.400. The molecule has 0 aromatic carbocycles. The molecule has 1 heterocycles. The zero-order valence-electron chi connectivity index (χ0n) is 8.66. The molecule has 0 aliphatic carbocycles. The predicted molar refractivity (Wildman–Crippen MR) is 65.9 cm³/mol. The van der Waals surface area contributed by atoms with Crippen LogP contribution in [0.5, 0.6) is 0 Å². The van der Waals surface area contributed by atoms with E-state index in [4.69, 9.17) is 5.73 Å². The normalized spacial score (nSPS) is 9.47. The summed E-state index contributed by atoms with van der Waals surface area (Å²) in [5, 5.41) is 0.685. The molecule has 0 aliphatic heterocycles. The van der Waals surface area contributed by atoms with Gasteiger partial charge in [-0.1, -0.05) is 34.9 Å². The maximum atomic E-state index is 10.6. The number of nitrogens with zero attached hydrogens (tertiary/aromatic N) is 1. The Kier molecular flexibility index (Phi) is 4.66. The van der Waals surface area contributed by atoms with E-state index in [0.29, 0.717) is 11.6 Å². The molecule has 1 aromatic rings. The minimum atomic E-state index is 0.134. The van der Waals surface area contributed by atoms with Crippen molar-refractivity contribution >= 4 is 33.3 Å². The quantitative estimate of drug-likeness (QED) is 0.635. The molecule has 0 atom stereocenters. The second-order valence-corrected chi connectivity index (χ2v) is 5.16. The molecule has 0 saturated heterocycles. The number of nitrogen functional groups attached to an aromatic ring is 1. The minimum absolute atomic E-state index is 0.134. The van der Waals surface area contributed by atoms with Gasteiger partial charge >= 0.3 is 0 Å². The van der Waals surface area contributed by atoms with Gasteiger partial charge in [-0.25, -0.2) is 4.98 Å². The number of nitrogens with two attached hydrogens (primary N) is 1. The number of aromatic nitrogens is 1. The van der Waals surface area contributed by atoms with E-state index in [9.17, 15) is 4.79 Å². The summed E-state index contributed by atoms with van der Waals surface area (Å²) in [6.45, 7) is 3.45. The molecule has 0 fully saturated rings. The lowest BCUT2D eigenvalue weighted by atomic mass is 10.4. The molecule has 3 nitrogen and oxygen atoms in total. The predicted octanol–water partition coefficient (Wildman–Crippen LogP) is 2.06. The van der Waals surface area contributed by atoms with Gasteiger partial charge in [-0.3, -0.25) is 4.79 Å². The number of carbonyl (C=O) groups is 1. The second-order valence-electron chi connectivity index (χ2n) is 2.86. The van der Waals surface area contributed by atoms with E-state index in [1.165, 1.54) is 23.1 Å². The Labute approximate surface area is 97.5 Å². The molecule has 80 valence electrons. The van der Waals surface area contributed by atoms with Crippen molar-refractivity contribution in [1.29, 1.82) is 0 Å². The van der Waals surface area contributed by atoms with E-state index in [2.05, 4.69) is 16.8 Å². The van der Waals surface area contributed by atoms with Crippen molar-refractivity contribution in [3.05, 3.63) is 10.6 Å². The number of aryl methyl sites for hydroxylation is 1. The van der Waals surface area contributed by atoms with Gasteiger partial charge in [0, 0.05) is 19.1 Å². The first-order chi connectivity index (χ1) is 7.09. The number of thiazole rings is 1. The number of hydrogen-bond acceptors (Lipinski definition) is 5. The summed E-state index contributed by atoms with van der Waals surface area (Å²) >= 11 is 2.70. The molecule has 1 rings (SSSR count). The molecule has 0 saturated carbocycles. The van der Waals surface area contributed by atoms with Crippen LogP contribution in [0, 0.1) is 18.8 Å². The van der Waals surface area contributed by atoms with Crippen LogP contribution in [0.4, 0.5) is 5.13 Å². The van der Waals surface area contributed by atoms with Crippen molar-refractivity contribution in [2.75, 3.05) is 11.5 Å². The van der Waals surface area contributed by atoms with Crippen molar-refractivity contribution in [1.82, 2.24) is 4.98 Å². The SMILES string of the molecule is CC(=O)SCCC#Cc1sc(N)nc1C. The highest BCUT2D eigenvalue weighted by Gasteiger charge is 2.00. The second kappa shape index (κ2) is 5.79. The number of thioether (sulfide) groups is 1. The van der Waals surface area contributed by atoms with Crippen LogP contribution in [0.3, 0.4) is 0 Å². The van der Waals surface area contributed by atoms with Gasteiger partial charge in [-0.05, 0) is 6.92 Å². The Morgan fingerprint density at radius 1 is 1.67 bits per heavy atom. The molecular weight excluding hydrogens is 228 g/mol. The van der Waals surface area contributed by atoms with Gasteiger partial charge in [0.15, 0.2) is 10.2 Å². The average molecular weight is 240 g/mol. The van der Waals surface area contributed by atoms with E-state index >= 15 is 0 Å². The lowest BCUT2D eigenvalue weighted by Gasteiger charge is -1.88. The summed E-state index contributed by atoms with van der Waals surface area (Å²) in [5.74, 6) is 6.76. The largest absolute Gasteiger partial charge is 0.375 e. The minimum Gasteiger partial charge on any atom is -0.375 e. The molecule has 2 N–H and O–H groups in total. The van der Waals surface area contributed by atoms with Crippen molar-refractivity contribution in [2.24, 2.45) is 0 Å². The fourth-order valence-corrected chi connectivity index (χ4v) is 2.12. The van der Waals surface area contributed by atoms with Crippen LogP contribution in [0.25, 0.3) is 0 Å². The fourth-order valence-electron chi connectivity index (χ4n) is 0.922. The van der Waals surface area contributed by atoms with Crippen LogP contribution in [-0.2, 0) is 4.79 Å². The van der Waals surface area contributed by atoms with E-state index in [-0.39, 0.29) is 5.12 Å². The molecule has 0 amide bonds. The Morgan fingerprint density at radius 3 is 2.93 bits per heavy atom. The Hall–Kier alpha value is -0.990. The highest BCUT2D eigenvalue weighted by molar-refractivity contribution is 8.13.